The number of ketones is 3. The summed E-state index contributed by atoms with van der Waals surface area (Å²) < 4.78 is 5.93. The Labute approximate surface area is 155 Å². The van der Waals surface area contributed by atoms with E-state index in [1.54, 1.807) is 12.1 Å². The Balaban J connectivity index is 1.81. The molecule has 0 saturated carbocycles. The molecule has 3 aliphatic rings. The molecule has 0 bridgehead atoms. The zero-order chi connectivity index (χ0) is 18.9. The highest BCUT2D eigenvalue weighted by Gasteiger charge is 2.47. The third kappa shape index (κ3) is 2.00. The van der Waals surface area contributed by atoms with Crippen molar-refractivity contribution >= 4 is 17.3 Å². The second-order valence-corrected chi connectivity index (χ2v) is 7.70. The van der Waals surface area contributed by atoms with Gasteiger partial charge in [-0.3, -0.25) is 14.4 Å². The van der Waals surface area contributed by atoms with E-state index in [1.807, 2.05) is 0 Å². The van der Waals surface area contributed by atoms with Crippen molar-refractivity contribution < 1.29 is 23.9 Å². The average Bonchev–Trinajstić information content (AvgIpc) is 3.03. The van der Waals surface area contributed by atoms with Crippen LogP contribution < -0.4 is 0 Å². The number of carbonyl (C=O) groups is 3. The SMILES string of the molecule is C[C@@]12CCCc3c(CCO)oc(c31)C(=O)c1cc3c(cc12)C(=O)C=CC3=O. The fraction of sp³-hybridized carbons (Fsp3) is 0.318. The largest absolute Gasteiger partial charge is 0.457 e. The first-order valence-electron chi connectivity index (χ1n) is 9.21. The number of aliphatic hydroxyl groups is 1. The van der Waals surface area contributed by atoms with E-state index in [0.717, 1.165) is 36.0 Å². The summed E-state index contributed by atoms with van der Waals surface area (Å²) in [5.41, 5.74) is 3.37. The van der Waals surface area contributed by atoms with Gasteiger partial charge in [-0.1, -0.05) is 6.92 Å². The molecule has 136 valence electrons. The van der Waals surface area contributed by atoms with Crippen LogP contribution in [0.15, 0.2) is 28.7 Å². The Bertz CT molecular complexity index is 1080. The minimum Gasteiger partial charge on any atom is -0.457 e. The van der Waals surface area contributed by atoms with Crippen molar-refractivity contribution in [1.29, 1.82) is 0 Å². The highest BCUT2D eigenvalue weighted by atomic mass is 16.4. The molecule has 3 aliphatic carbocycles. The van der Waals surface area contributed by atoms with Crippen LogP contribution in [0.25, 0.3) is 0 Å². The van der Waals surface area contributed by atoms with Crippen LogP contribution in [0.1, 0.15) is 79.1 Å². The molecule has 0 radical (unpaired) electrons. The third-order valence-corrected chi connectivity index (χ3v) is 6.20. The molecule has 0 fully saturated rings. The summed E-state index contributed by atoms with van der Waals surface area (Å²) in [6.45, 7) is 2.04. The van der Waals surface area contributed by atoms with Gasteiger partial charge in [-0.05, 0) is 54.7 Å². The highest BCUT2D eigenvalue weighted by molar-refractivity contribution is 6.23. The normalized spacial score (nSPS) is 22.5. The minimum atomic E-state index is -0.442. The van der Waals surface area contributed by atoms with E-state index < -0.39 is 5.41 Å². The van der Waals surface area contributed by atoms with Gasteiger partial charge in [0.15, 0.2) is 17.3 Å². The number of hydrogen-bond donors (Lipinski definition) is 1. The van der Waals surface area contributed by atoms with Crippen molar-refractivity contribution in [3.05, 3.63) is 69.2 Å². The second-order valence-electron chi connectivity index (χ2n) is 7.70. The smallest absolute Gasteiger partial charge is 0.228 e. The number of furan rings is 1. The molecule has 0 unspecified atom stereocenters. The van der Waals surface area contributed by atoms with E-state index in [0.29, 0.717) is 29.1 Å². The van der Waals surface area contributed by atoms with Gasteiger partial charge in [-0.2, -0.15) is 0 Å². The van der Waals surface area contributed by atoms with Crippen molar-refractivity contribution in [2.24, 2.45) is 0 Å². The summed E-state index contributed by atoms with van der Waals surface area (Å²) in [6.07, 6.45) is 5.50. The number of fused-ring (bicyclic) bond motifs is 3. The fourth-order valence-corrected chi connectivity index (χ4v) is 4.94. The van der Waals surface area contributed by atoms with Crippen LogP contribution in [0.4, 0.5) is 0 Å². The number of benzene rings is 1. The average molecular weight is 362 g/mol. The van der Waals surface area contributed by atoms with Gasteiger partial charge >= 0.3 is 0 Å². The Morgan fingerprint density at radius 2 is 1.78 bits per heavy atom. The monoisotopic (exact) mass is 362 g/mol. The topological polar surface area (TPSA) is 84.6 Å². The first-order valence-corrected chi connectivity index (χ1v) is 9.21. The van der Waals surface area contributed by atoms with Crippen LogP contribution in [0.5, 0.6) is 0 Å². The maximum absolute atomic E-state index is 13.2. The molecular formula is C22H18O5. The summed E-state index contributed by atoms with van der Waals surface area (Å²) in [6, 6.07) is 3.30. The molecular weight excluding hydrogens is 344 g/mol. The lowest BCUT2D eigenvalue weighted by Crippen LogP contribution is -2.36. The standard InChI is InChI=1S/C22H18O5/c1-22-7-2-3-11-18(6-8-23)27-21(19(11)22)20(26)14-9-12-13(10-15(14)22)17(25)5-4-16(12)24/h4-5,9-10,23H,2-3,6-8H2,1H3/t22-/m0/s1. The Kier molecular flexibility index (Phi) is 3.25. The van der Waals surface area contributed by atoms with Crippen LogP contribution in [0, 0.1) is 0 Å². The molecule has 0 spiro atoms. The van der Waals surface area contributed by atoms with Crippen LogP contribution in [-0.4, -0.2) is 29.1 Å². The van der Waals surface area contributed by atoms with Gasteiger partial charge in [-0.15, -0.1) is 0 Å². The predicted molar refractivity (Wildman–Crippen MR) is 96.6 cm³/mol. The maximum atomic E-state index is 13.2. The van der Waals surface area contributed by atoms with Gasteiger partial charge in [0.25, 0.3) is 0 Å². The van der Waals surface area contributed by atoms with Gasteiger partial charge in [0, 0.05) is 34.1 Å². The Morgan fingerprint density at radius 3 is 2.48 bits per heavy atom. The fourth-order valence-electron chi connectivity index (χ4n) is 4.94. The zero-order valence-electron chi connectivity index (χ0n) is 14.9. The van der Waals surface area contributed by atoms with E-state index in [9.17, 15) is 19.5 Å². The summed E-state index contributed by atoms with van der Waals surface area (Å²) in [4.78, 5) is 37.8. The first kappa shape index (κ1) is 16.4. The number of aliphatic hydroxyl groups excluding tert-OH is 1. The van der Waals surface area contributed by atoms with Gasteiger partial charge in [0.1, 0.15) is 5.76 Å². The third-order valence-electron chi connectivity index (χ3n) is 6.20. The number of rotatable bonds is 2. The minimum absolute atomic E-state index is 0.0415. The lowest BCUT2D eigenvalue weighted by atomic mass is 9.62. The molecule has 2 aromatic rings. The highest BCUT2D eigenvalue weighted by Crippen LogP contribution is 2.51. The summed E-state index contributed by atoms with van der Waals surface area (Å²) in [5.74, 6) is 0.281. The molecule has 1 N–H and O–H groups in total. The number of allylic oxidation sites excluding steroid dienone is 2. The molecule has 27 heavy (non-hydrogen) atoms. The first-order chi connectivity index (χ1) is 13.0. The van der Waals surface area contributed by atoms with Crippen molar-refractivity contribution in [2.45, 2.75) is 38.0 Å². The van der Waals surface area contributed by atoms with Crippen molar-refractivity contribution in [2.75, 3.05) is 6.61 Å². The molecule has 5 heteroatoms. The molecule has 0 saturated heterocycles. The lowest BCUT2D eigenvalue weighted by Gasteiger charge is -2.39. The summed E-state index contributed by atoms with van der Waals surface area (Å²) in [5, 5.41) is 9.36. The molecule has 1 aromatic heterocycles. The van der Waals surface area contributed by atoms with Gasteiger partial charge < -0.3 is 9.52 Å². The molecule has 0 amide bonds. The molecule has 0 aliphatic heterocycles. The number of hydrogen-bond acceptors (Lipinski definition) is 5. The molecule has 5 rings (SSSR count). The quantitative estimate of drug-likeness (QED) is 0.888. The molecule has 1 heterocycles. The zero-order valence-corrected chi connectivity index (χ0v) is 14.9. The van der Waals surface area contributed by atoms with E-state index in [-0.39, 0.29) is 29.5 Å². The van der Waals surface area contributed by atoms with Crippen LogP contribution in [0.3, 0.4) is 0 Å². The van der Waals surface area contributed by atoms with Gasteiger partial charge in [0.2, 0.25) is 5.78 Å². The van der Waals surface area contributed by atoms with Gasteiger partial charge in [-0.25, -0.2) is 0 Å². The van der Waals surface area contributed by atoms with E-state index >= 15 is 0 Å². The molecule has 1 atom stereocenters. The van der Waals surface area contributed by atoms with Crippen LogP contribution in [-0.2, 0) is 18.3 Å². The van der Waals surface area contributed by atoms with Crippen molar-refractivity contribution in [3.8, 4) is 0 Å². The maximum Gasteiger partial charge on any atom is 0.228 e. The van der Waals surface area contributed by atoms with Crippen molar-refractivity contribution in [1.82, 2.24) is 0 Å². The second kappa shape index (κ2) is 5.36. The van der Waals surface area contributed by atoms with E-state index in [1.165, 1.54) is 12.2 Å². The van der Waals surface area contributed by atoms with Crippen LogP contribution >= 0.6 is 0 Å². The molecule has 1 aromatic carbocycles. The van der Waals surface area contributed by atoms with E-state index in [4.69, 9.17) is 4.42 Å². The summed E-state index contributed by atoms with van der Waals surface area (Å²) in [7, 11) is 0. The van der Waals surface area contributed by atoms with Crippen LogP contribution in [0.2, 0.25) is 0 Å². The molecule has 5 nitrogen and oxygen atoms in total. The van der Waals surface area contributed by atoms with Crippen molar-refractivity contribution in [3.63, 3.8) is 0 Å². The Morgan fingerprint density at radius 1 is 1.07 bits per heavy atom. The number of carbonyl (C=O) groups excluding carboxylic acids is 3. The lowest BCUT2D eigenvalue weighted by molar-refractivity contribution is 0.0985. The summed E-state index contributed by atoms with van der Waals surface area (Å²) >= 11 is 0. The van der Waals surface area contributed by atoms with Gasteiger partial charge in [0.05, 0.1) is 6.61 Å². The Hall–Kier alpha value is -2.79. The van der Waals surface area contributed by atoms with E-state index in [2.05, 4.69) is 6.92 Å². The predicted octanol–water partition coefficient (Wildman–Crippen LogP) is 2.94.